The number of rotatable bonds is 4. The molecule has 2 aromatic rings. The zero-order valence-corrected chi connectivity index (χ0v) is 16.4. The third-order valence-electron chi connectivity index (χ3n) is 3.39. The first-order valence-corrected chi connectivity index (χ1v) is 7.38. The number of benzene rings is 2. The molecule has 0 heterocycles. The van der Waals surface area contributed by atoms with Crippen LogP contribution in [0.15, 0.2) is 36.4 Å². The fourth-order valence-corrected chi connectivity index (χ4v) is 2.15. The predicted molar refractivity (Wildman–Crippen MR) is 86.3 cm³/mol. The van der Waals surface area contributed by atoms with Crippen molar-refractivity contribution in [1.29, 1.82) is 0 Å². The van der Waals surface area contributed by atoms with Gasteiger partial charge in [-0.15, -0.1) is 0 Å². The summed E-state index contributed by atoms with van der Waals surface area (Å²) in [6, 6.07) is 8.39. The van der Waals surface area contributed by atoms with Crippen LogP contribution < -0.4 is 34.7 Å². The summed E-state index contributed by atoms with van der Waals surface area (Å²) >= 11 is 0. The number of aryl methyl sites for hydroxylation is 2. The van der Waals surface area contributed by atoms with Crippen LogP contribution in [0.1, 0.15) is 45.7 Å². The Balaban J connectivity index is 0.000000443. The minimum Gasteiger partial charge on any atom is -0.545 e. The van der Waals surface area contributed by atoms with Crippen LogP contribution in [0.5, 0.6) is 11.5 Å². The summed E-state index contributed by atoms with van der Waals surface area (Å²) in [5.74, 6) is -1.97. The van der Waals surface area contributed by atoms with E-state index in [1.807, 2.05) is 13.8 Å². The van der Waals surface area contributed by atoms with Crippen molar-refractivity contribution in [3.8, 4) is 11.5 Å². The molecule has 0 unspecified atom stereocenters. The molecule has 0 fully saturated rings. The maximum atomic E-state index is 10.6. The number of aromatic hydroxyl groups is 2. The van der Waals surface area contributed by atoms with Gasteiger partial charge in [0.2, 0.25) is 0 Å². The number of hydrogen-bond acceptors (Lipinski definition) is 5. The monoisotopic (exact) mass is 354 g/mol. The number of aromatic carboxylic acids is 2. The Labute approximate surface area is 168 Å². The molecule has 0 aliphatic rings. The van der Waals surface area contributed by atoms with Gasteiger partial charge in [-0.05, 0) is 60.4 Å². The molecule has 25 heavy (non-hydrogen) atoms. The standard InChI is InChI=1S/2C9H10O3.Na/c2*1-2-6-5-7(10)3-4-8(6)9(11)12;/h2*3-5,10H,2H2,1H3,(H,11,12);/q;;+1/p-1. The molecule has 0 amide bonds. The van der Waals surface area contributed by atoms with E-state index in [-0.39, 0.29) is 52.2 Å². The maximum absolute atomic E-state index is 10.6. The Morgan fingerprint density at radius 3 is 1.64 bits per heavy atom. The van der Waals surface area contributed by atoms with E-state index in [1.165, 1.54) is 36.4 Å². The number of carbonyl (C=O) groups is 2. The van der Waals surface area contributed by atoms with Gasteiger partial charge in [0.15, 0.2) is 0 Å². The largest absolute Gasteiger partial charge is 1.00 e. The molecule has 7 heteroatoms. The van der Waals surface area contributed by atoms with Crippen molar-refractivity contribution in [2.75, 3.05) is 0 Å². The summed E-state index contributed by atoms with van der Waals surface area (Å²) in [4.78, 5) is 21.1. The van der Waals surface area contributed by atoms with Gasteiger partial charge in [-0.1, -0.05) is 13.8 Å². The van der Waals surface area contributed by atoms with Crippen LogP contribution in [0, 0.1) is 0 Å². The van der Waals surface area contributed by atoms with Gasteiger partial charge in [0.25, 0.3) is 0 Å². The normalized spacial score (nSPS) is 9.36. The van der Waals surface area contributed by atoms with Crippen LogP contribution in [0.25, 0.3) is 0 Å². The van der Waals surface area contributed by atoms with Crippen molar-refractivity contribution in [3.63, 3.8) is 0 Å². The molecule has 3 N–H and O–H groups in total. The van der Waals surface area contributed by atoms with Crippen molar-refractivity contribution in [1.82, 2.24) is 0 Å². The van der Waals surface area contributed by atoms with Crippen LogP contribution in [0.4, 0.5) is 0 Å². The van der Waals surface area contributed by atoms with Gasteiger partial charge < -0.3 is 25.2 Å². The minimum absolute atomic E-state index is 0. The Hall–Kier alpha value is -2.02. The molecule has 128 valence electrons. The SMILES string of the molecule is CCc1cc(O)ccc1C(=O)O.CCc1cc(O)ccc1C(=O)[O-].[Na+]. The van der Waals surface area contributed by atoms with Crippen LogP contribution in [-0.2, 0) is 12.8 Å². The molecule has 0 spiro atoms. The summed E-state index contributed by atoms with van der Waals surface area (Å²) in [7, 11) is 0. The van der Waals surface area contributed by atoms with E-state index in [9.17, 15) is 14.7 Å². The van der Waals surface area contributed by atoms with Gasteiger partial charge in [0.05, 0.1) is 11.5 Å². The van der Waals surface area contributed by atoms with Crippen molar-refractivity contribution in [3.05, 3.63) is 58.7 Å². The molecule has 0 radical (unpaired) electrons. The van der Waals surface area contributed by atoms with Crippen molar-refractivity contribution >= 4 is 11.9 Å². The summed E-state index contributed by atoms with van der Waals surface area (Å²) in [5, 5.41) is 37.3. The molecule has 0 atom stereocenters. The van der Waals surface area contributed by atoms with E-state index in [0.29, 0.717) is 24.0 Å². The Morgan fingerprint density at radius 2 is 1.28 bits per heavy atom. The minimum atomic E-state index is -1.20. The molecule has 0 aromatic heterocycles. The van der Waals surface area contributed by atoms with Crippen LogP contribution in [0.3, 0.4) is 0 Å². The number of phenolic OH excluding ortho intramolecular Hbond substituents is 2. The summed E-state index contributed by atoms with van der Waals surface area (Å²) < 4.78 is 0. The summed E-state index contributed by atoms with van der Waals surface area (Å²) in [6.45, 7) is 3.67. The number of carbonyl (C=O) groups excluding carboxylic acids is 1. The van der Waals surface area contributed by atoms with Crippen molar-refractivity contribution in [2.24, 2.45) is 0 Å². The van der Waals surface area contributed by atoms with Gasteiger partial charge in [-0.3, -0.25) is 0 Å². The summed E-state index contributed by atoms with van der Waals surface area (Å²) in [6.07, 6.45) is 1.17. The number of phenols is 2. The van der Waals surface area contributed by atoms with Crippen LogP contribution in [0.2, 0.25) is 0 Å². The zero-order chi connectivity index (χ0) is 18.3. The molecule has 0 saturated carbocycles. The topological polar surface area (TPSA) is 118 Å². The molecule has 0 bridgehead atoms. The predicted octanol–water partition coefficient (Wildman–Crippen LogP) is -1.03. The molecule has 2 rings (SSSR count). The number of carboxylic acid groups (broad SMARTS) is 2. The van der Waals surface area contributed by atoms with E-state index < -0.39 is 11.9 Å². The zero-order valence-electron chi connectivity index (χ0n) is 14.4. The fourth-order valence-electron chi connectivity index (χ4n) is 2.15. The van der Waals surface area contributed by atoms with Crippen LogP contribution >= 0.6 is 0 Å². The first-order valence-electron chi connectivity index (χ1n) is 7.38. The molecule has 0 aliphatic carbocycles. The van der Waals surface area contributed by atoms with Gasteiger partial charge in [0.1, 0.15) is 11.5 Å². The second-order valence-corrected chi connectivity index (χ2v) is 4.98. The molecule has 0 saturated heterocycles. The molecular formula is C18H19NaO6. The second kappa shape index (κ2) is 10.8. The third kappa shape index (κ3) is 6.78. The molecule has 2 aromatic carbocycles. The van der Waals surface area contributed by atoms with Gasteiger partial charge in [0, 0.05) is 5.56 Å². The van der Waals surface area contributed by atoms with E-state index >= 15 is 0 Å². The van der Waals surface area contributed by atoms with E-state index in [2.05, 4.69) is 0 Å². The van der Waals surface area contributed by atoms with Crippen molar-refractivity contribution < 1.29 is 59.6 Å². The van der Waals surface area contributed by atoms with Gasteiger partial charge in [-0.2, -0.15) is 0 Å². The smallest absolute Gasteiger partial charge is 0.545 e. The first-order chi connectivity index (χ1) is 11.3. The van der Waals surface area contributed by atoms with Gasteiger partial charge >= 0.3 is 35.5 Å². The molecule has 0 aliphatic heterocycles. The Bertz CT molecular complexity index is 679. The molecular weight excluding hydrogens is 335 g/mol. The van der Waals surface area contributed by atoms with E-state index in [1.54, 1.807) is 0 Å². The third-order valence-corrected chi connectivity index (χ3v) is 3.39. The average molecular weight is 354 g/mol. The second-order valence-electron chi connectivity index (χ2n) is 4.98. The van der Waals surface area contributed by atoms with E-state index in [4.69, 9.17) is 15.3 Å². The molecule has 6 nitrogen and oxygen atoms in total. The van der Waals surface area contributed by atoms with Gasteiger partial charge in [-0.25, -0.2) is 4.79 Å². The average Bonchev–Trinajstić information content (AvgIpc) is 2.54. The van der Waals surface area contributed by atoms with Crippen LogP contribution in [-0.4, -0.2) is 27.3 Å². The fraction of sp³-hybridized carbons (Fsp3) is 0.222. The van der Waals surface area contributed by atoms with E-state index in [0.717, 1.165) is 0 Å². The Morgan fingerprint density at radius 1 is 0.880 bits per heavy atom. The number of hydrogen-bond donors (Lipinski definition) is 3. The number of carboxylic acids is 2. The first kappa shape index (κ1) is 23.0. The van der Waals surface area contributed by atoms with Crippen molar-refractivity contribution in [2.45, 2.75) is 26.7 Å². The Kier molecular flexibility index (Phi) is 9.89. The maximum Gasteiger partial charge on any atom is 1.00 e. The quantitative estimate of drug-likeness (QED) is 0.605. The summed E-state index contributed by atoms with van der Waals surface area (Å²) in [5.41, 5.74) is 1.66.